The van der Waals surface area contributed by atoms with E-state index in [4.69, 9.17) is 7.90 Å². The van der Waals surface area contributed by atoms with Crippen LogP contribution < -0.4 is 0 Å². The number of nitrogens with zero attached hydrogens (tertiary/aromatic N) is 2. The minimum absolute atomic E-state index is 0.00122. The van der Waals surface area contributed by atoms with Crippen LogP contribution in [0, 0.1) is 0 Å². The van der Waals surface area contributed by atoms with E-state index in [1.54, 1.807) is 11.8 Å². The predicted molar refractivity (Wildman–Crippen MR) is 97.0 cm³/mol. The van der Waals surface area contributed by atoms with E-state index < -0.39 is 0 Å². The third-order valence-corrected chi connectivity index (χ3v) is 8.33. The van der Waals surface area contributed by atoms with Crippen LogP contribution in [0.4, 0.5) is 0 Å². The summed E-state index contributed by atoms with van der Waals surface area (Å²) in [4.78, 5) is 5.30. The fourth-order valence-corrected chi connectivity index (χ4v) is 8.56. The predicted octanol–water partition coefficient (Wildman–Crippen LogP) is 4.80. The Morgan fingerprint density at radius 1 is 1.56 bits per heavy atom. The highest BCUT2D eigenvalue weighted by atomic mass is 128. The third-order valence-electron chi connectivity index (χ3n) is 1.69. The van der Waals surface area contributed by atoms with E-state index in [-0.39, 0.29) is 45.1 Å². The molecule has 18 heavy (non-hydrogen) atoms. The standard InChI is InChI=1S/C11H20I2N2O2S/c1-10(2,3)16-13-12-14-6-7-18-9-8-11(4,5)17-15-9/h6H,7-8H2,1-5H3. The van der Waals surface area contributed by atoms with Gasteiger partial charge < -0.3 is 7.90 Å². The molecule has 1 aliphatic heterocycles. The van der Waals surface area contributed by atoms with Crippen LogP contribution in [0.2, 0.25) is 0 Å². The molecule has 0 radical (unpaired) electrons. The first kappa shape index (κ1) is 17.0. The second kappa shape index (κ2) is 7.63. The zero-order valence-electron chi connectivity index (χ0n) is 11.4. The van der Waals surface area contributed by atoms with Gasteiger partial charge in [0.1, 0.15) is 27.7 Å². The van der Waals surface area contributed by atoms with Gasteiger partial charge >= 0.3 is 0 Å². The van der Waals surface area contributed by atoms with Crippen LogP contribution in [0.3, 0.4) is 0 Å². The molecule has 0 saturated heterocycles. The van der Waals surface area contributed by atoms with E-state index in [0.29, 0.717) is 0 Å². The summed E-state index contributed by atoms with van der Waals surface area (Å²) in [5.41, 5.74) is -0.128. The van der Waals surface area contributed by atoms with Crippen molar-refractivity contribution >= 4 is 56.9 Å². The highest BCUT2D eigenvalue weighted by Gasteiger charge is 2.28. The molecule has 1 aliphatic rings. The molecule has 1 heterocycles. The van der Waals surface area contributed by atoms with E-state index in [2.05, 4.69) is 43.0 Å². The number of thioether (sulfide) groups is 1. The maximum Gasteiger partial charge on any atom is 0.138 e. The van der Waals surface area contributed by atoms with Crippen LogP contribution in [0.15, 0.2) is 8.36 Å². The van der Waals surface area contributed by atoms with Crippen molar-refractivity contribution in [2.45, 2.75) is 52.2 Å². The lowest BCUT2D eigenvalue weighted by Gasteiger charge is -2.13. The lowest BCUT2D eigenvalue weighted by Crippen LogP contribution is -2.18. The van der Waals surface area contributed by atoms with Gasteiger partial charge in [-0.1, -0.05) is 5.16 Å². The van der Waals surface area contributed by atoms with Crippen LogP contribution >= 0.6 is 45.6 Å². The maximum atomic E-state index is 5.73. The summed E-state index contributed by atoms with van der Waals surface area (Å²) in [5.74, 6) is 0.886. The molecule has 0 aromatic carbocycles. The monoisotopic (exact) mass is 498 g/mol. The minimum atomic E-state index is -0.162. The molecule has 0 aromatic rings. The fourth-order valence-electron chi connectivity index (χ4n) is 0.984. The van der Waals surface area contributed by atoms with Gasteiger partial charge in [0.15, 0.2) is 0 Å². The highest BCUT2D eigenvalue weighted by molar-refractivity contribution is 14.8. The first-order valence-corrected chi connectivity index (χ1v) is 14.8. The SMILES string of the molecule is CC(C)(C)OI=IN=CCSC1=NOC(C)(C)C1. The summed E-state index contributed by atoms with van der Waals surface area (Å²) in [7, 11) is 0. The van der Waals surface area contributed by atoms with Crippen molar-refractivity contribution in [2.75, 3.05) is 5.75 Å². The number of hydrogen-bond donors (Lipinski definition) is 0. The first-order valence-electron chi connectivity index (χ1n) is 5.65. The highest BCUT2D eigenvalue weighted by Crippen LogP contribution is 2.28. The van der Waals surface area contributed by atoms with Gasteiger partial charge in [0, 0.05) is 18.4 Å². The number of hydrogen-bond acceptors (Lipinski definition) is 5. The number of halogens is 2. The molecule has 1 rings (SSSR count). The molecule has 0 atom stereocenters. The molecule has 0 amide bonds. The quantitative estimate of drug-likeness (QED) is 0.413. The smallest absolute Gasteiger partial charge is 0.138 e. The normalized spacial score (nSPS) is 20.4. The molecule has 0 spiro atoms. The van der Waals surface area contributed by atoms with Crippen LogP contribution in [-0.4, -0.2) is 28.2 Å². The van der Waals surface area contributed by atoms with Gasteiger partial charge in [-0.25, -0.2) is 3.21 Å². The molecule has 106 valence electrons. The largest absolute Gasteiger partial charge is 0.389 e. The van der Waals surface area contributed by atoms with E-state index >= 15 is 0 Å². The Morgan fingerprint density at radius 3 is 2.83 bits per heavy atom. The van der Waals surface area contributed by atoms with Crippen molar-refractivity contribution < 1.29 is 7.90 Å². The third kappa shape index (κ3) is 8.16. The molecule has 0 N–H and O–H groups in total. The summed E-state index contributed by atoms with van der Waals surface area (Å²) in [6, 6.07) is 0. The van der Waals surface area contributed by atoms with Crippen LogP contribution in [0.5, 0.6) is 0 Å². The van der Waals surface area contributed by atoms with Crippen LogP contribution in [-0.2, 0) is 7.90 Å². The summed E-state index contributed by atoms with van der Waals surface area (Å²) in [5, 5.41) is 5.14. The topological polar surface area (TPSA) is 43.2 Å². The van der Waals surface area contributed by atoms with E-state index in [1.165, 1.54) is 0 Å². The second-order valence-electron chi connectivity index (χ2n) is 5.42. The van der Waals surface area contributed by atoms with E-state index in [1.807, 2.05) is 6.21 Å². The fraction of sp³-hybridized carbons (Fsp3) is 0.818. The minimum Gasteiger partial charge on any atom is -0.389 e. The Balaban J connectivity index is 2.15. The summed E-state index contributed by atoms with van der Waals surface area (Å²) in [6.07, 6.45) is 2.90. The number of rotatable bonds is 4. The molecule has 0 fully saturated rings. The Labute approximate surface area is 130 Å². The van der Waals surface area contributed by atoms with Crippen molar-refractivity contribution in [3.05, 3.63) is 0 Å². The van der Waals surface area contributed by atoms with Crippen molar-refractivity contribution in [1.29, 1.82) is 0 Å². The zero-order valence-corrected chi connectivity index (χ0v) is 16.5. The van der Waals surface area contributed by atoms with Crippen molar-refractivity contribution in [3.8, 4) is 0 Å². The van der Waals surface area contributed by atoms with Crippen molar-refractivity contribution in [3.63, 3.8) is 0 Å². The molecule has 0 aromatic heterocycles. The summed E-state index contributed by atoms with van der Waals surface area (Å²) < 4.78 is 10.2. The lowest BCUT2D eigenvalue weighted by atomic mass is 10.1. The Kier molecular flexibility index (Phi) is 7.19. The van der Waals surface area contributed by atoms with Crippen molar-refractivity contribution in [2.24, 2.45) is 8.36 Å². The van der Waals surface area contributed by atoms with Gasteiger partial charge in [-0.2, -0.15) is 0 Å². The Morgan fingerprint density at radius 2 is 2.28 bits per heavy atom. The van der Waals surface area contributed by atoms with Gasteiger partial charge in [0.05, 0.1) is 22.5 Å². The average Bonchev–Trinajstić information content (AvgIpc) is 2.55. The van der Waals surface area contributed by atoms with Gasteiger partial charge in [0.2, 0.25) is 0 Å². The van der Waals surface area contributed by atoms with E-state index in [0.717, 1.165) is 17.2 Å². The number of oxime groups is 1. The van der Waals surface area contributed by atoms with Gasteiger partial charge in [-0.3, -0.25) is 0 Å². The summed E-state index contributed by atoms with van der Waals surface area (Å²) >= 11 is 1.44. The zero-order chi connectivity index (χ0) is 13.6. The van der Waals surface area contributed by atoms with Gasteiger partial charge in [0.25, 0.3) is 0 Å². The molecule has 0 bridgehead atoms. The van der Waals surface area contributed by atoms with Gasteiger partial charge in [-0.05, 0) is 34.6 Å². The molecule has 7 heteroatoms. The lowest BCUT2D eigenvalue weighted by molar-refractivity contribution is 0.0123. The Bertz CT molecular complexity index is 363. The maximum absolute atomic E-state index is 5.73. The molecular formula is C11H20I2N2O2S. The molecule has 0 saturated carbocycles. The molecular weight excluding hydrogens is 478 g/mol. The second-order valence-corrected chi connectivity index (χ2v) is 12.9. The molecule has 0 unspecified atom stereocenters. The molecule has 4 nitrogen and oxygen atoms in total. The van der Waals surface area contributed by atoms with Gasteiger partial charge in [-0.15, -0.1) is 11.8 Å². The Hall–Kier alpha value is 0.910. The first-order chi connectivity index (χ1) is 8.29. The van der Waals surface area contributed by atoms with Crippen LogP contribution in [0.1, 0.15) is 41.0 Å². The summed E-state index contributed by atoms with van der Waals surface area (Å²) in [6.45, 7) is 10.4. The van der Waals surface area contributed by atoms with E-state index in [9.17, 15) is 0 Å². The van der Waals surface area contributed by atoms with Crippen molar-refractivity contribution in [1.82, 2.24) is 0 Å². The molecule has 0 aliphatic carbocycles. The van der Waals surface area contributed by atoms with Crippen LogP contribution in [0.25, 0.3) is 0 Å². The average molecular weight is 498 g/mol.